The third-order valence-electron chi connectivity index (χ3n) is 7.02. The number of fused-ring (bicyclic) bond motifs is 2. The lowest BCUT2D eigenvalue weighted by molar-refractivity contribution is -0.128. The van der Waals surface area contributed by atoms with Gasteiger partial charge in [-0.15, -0.1) is 0 Å². The quantitative estimate of drug-likeness (QED) is 0.313. The fraction of sp³-hybridized carbons (Fsp3) is 0.905. The first-order valence-electron chi connectivity index (χ1n) is 10.5. The number of ketones is 2. The summed E-state index contributed by atoms with van der Waals surface area (Å²) in [6, 6.07) is 0. The van der Waals surface area contributed by atoms with Gasteiger partial charge in [-0.3, -0.25) is 9.59 Å². The maximum Gasteiger partial charge on any atom is 0.181 e. The number of Topliss-reactive ketones (excluding diaryl/α,β-unsaturated/α-hetero) is 2. The van der Waals surface area contributed by atoms with E-state index in [0.29, 0.717) is 29.5 Å². The monoisotopic (exact) mass is 434 g/mol. The van der Waals surface area contributed by atoms with E-state index in [2.05, 4.69) is 20.8 Å². The van der Waals surface area contributed by atoms with Crippen LogP contribution in [0.15, 0.2) is 0 Å². The molecule has 0 saturated heterocycles. The van der Waals surface area contributed by atoms with Gasteiger partial charge in [0.1, 0.15) is 26.9 Å². The summed E-state index contributed by atoms with van der Waals surface area (Å²) in [5, 5.41) is -1.30. The van der Waals surface area contributed by atoms with Gasteiger partial charge in [0.25, 0.3) is 0 Å². The van der Waals surface area contributed by atoms with Crippen LogP contribution in [0.25, 0.3) is 0 Å². The van der Waals surface area contributed by atoms with Crippen LogP contribution in [-0.4, -0.2) is 47.0 Å². The highest BCUT2D eigenvalue weighted by molar-refractivity contribution is 7.97. The number of rotatable bonds is 9. The van der Waals surface area contributed by atoms with E-state index in [-0.39, 0.29) is 17.1 Å². The van der Waals surface area contributed by atoms with Gasteiger partial charge in [0.2, 0.25) is 0 Å². The molecule has 0 spiro atoms. The van der Waals surface area contributed by atoms with Gasteiger partial charge in [-0.05, 0) is 55.3 Å². The number of carbonyl (C=O) groups excluding carboxylic acids is 2. The van der Waals surface area contributed by atoms with Crippen molar-refractivity contribution in [3.05, 3.63) is 0 Å². The normalized spacial score (nSPS) is 28.4. The van der Waals surface area contributed by atoms with Gasteiger partial charge in [-0.25, -0.2) is 8.42 Å². The molecule has 0 aromatic heterocycles. The van der Waals surface area contributed by atoms with Crippen LogP contribution in [0, 0.1) is 16.7 Å². The number of carbonyl (C=O) groups is 2. The third-order valence-corrected chi connectivity index (χ3v) is 10.6. The summed E-state index contributed by atoms with van der Waals surface area (Å²) in [7, 11) is -4.11. The molecule has 0 heterocycles. The van der Waals surface area contributed by atoms with E-state index in [0.717, 1.165) is 18.6 Å². The average molecular weight is 435 g/mol. The zero-order valence-corrected chi connectivity index (χ0v) is 20.0. The molecule has 7 heteroatoms. The SMILES string of the molecule is CC12CCC(C(S(=O)(=O)[O-])C1=O)C2(C)C.CCCCCC(=O)C[S+](CC)CC. The zero-order chi connectivity index (χ0) is 21.8. The molecular formula is C21H38O5S2. The Morgan fingerprint density at radius 2 is 1.71 bits per heavy atom. The predicted molar refractivity (Wildman–Crippen MR) is 116 cm³/mol. The van der Waals surface area contributed by atoms with Crippen LogP contribution >= 0.6 is 0 Å². The molecule has 5 nitrogen and oxygen atoms in total. The maximum absolute atomic E-state index is 12.0. The van der Waals surface area contributed by atoms with Crippen LogP contribution in [0.1, 0.15) is 80.1 Å². The molecule has 3 unspecified atom stereocenters. The van der Waals surface area contributed by atoms with E-state index in [9.17, 15) is 22.6 Å². The van der Waals surface area contributed by atoms with Gasteiger partial charge < -0.3 is 4.55 Å². The molecule has 0 radical (unpaired) electrons. The summed E-state index contributed by atoms with van der Waals surface area (Å²) in [5.41, 5.74) is -0.994. The Balaban J connectivity index is 0.000000284. The molecule has 2 aliphatic rings. The van der Waals surface area contributed by atoms with Crippen molar-refractivity contribution in [3.8, 4) is 0 Å². The molecule has 2 aliphatic carbocycles. The average Bonchev–Trinajstić information content (AvgIpc) is 2.92. The fourth-order valence-corrected chi connectivity index (χ4v) is 7.43. The number of unbranched alkanes of at least 4 members (excludes halogenated alkanes) is 2. The molecule has 0 amide bonds. The summed E-state index contributed by atoms with van der Waals surface area (Å²) in [4.78, 5) is 23.4. The summed E-state index contributed by atoms with van der Waals surface area (Å²) in [6.45, 7) is 12.1. The van der Waals surface area contributed by atoms with Crippen molar-refractivity contribution < 1.29 is 22.6 Å². The Bertz CT molecular complexity index is 652. The molecule has 2 rings (SSSR count). The van der Waals surface area contributed by atoms with Gasteiger partial charge in [-0.1, -0.05) is 40.5 Å². The van der Waals surface area contributed by atoms with E-state index < -0.39 is 20.8 Å². The van der Waals surface area contributed by atoms with Gasteiger partial charge in [0, 0.05) is 11.8 Å². The lowest BCUT2D eigenvalue weighted by Crippen LogP contribution is -2.38. The van der Waals surface area contributed by atoms with Crippen LogP contribution in [0.4, 0.5) is 0 Å². The lowest BCUT2D eigenvalue weighted by atomic mass is 9.70. The Kier molecular flexibility index (Phi) is 9.22. The fourth-order valence-electron chi connectivity index (χ4n) is 4.62. The van der Waals surface area contributed by atoms with E-state index in [1.807, 2.05) is 13.8 Å². The first-order valence-corrected chi connectivity index (χ1v) is 13.7. The molecule has 28 heavy (non-hydrogen) atoms. The van der Waals surface area contributed by atoms with Crippen molar-refractivity contribution in [1.82, 2.24) is 0 Å². The second-order valence-corrected chi connectivity index (χ2v) is 13.0. The molecule has 2 bridgehead atoms. The Labute approximate surface area is 174 Å². The largest absolute Gasteiger partial charge is 0.747 e. The van der Waals surface area contributed by atoms with Crippen molar-refractivity contribution in [3.63, 3.8) is 0 Å². The summed E-state index contributed by atoms with van der Waals surface area (Å²) >= 11 is 0. The molecule has 2 saturated carbocycles. The molecule has 164 valence electrons. The lowest BCUT2D eigenvalue weighted by Gasteiger charge is -2.32. The van der Waals surface area contributed by atoms with Crippen LogP contribution in [0.2, 0.25) is 0 Å². The minimum absolute atomic E-state index is 0.294. The van der Waals surface area contributed by atoms with Crippen molar-refractivity contribution in [2.75, 3.05) is 17.3 Å². The first kappa shape index (κ1) is 25.6. The van der Waals surface area contributed by atoms with Crippen molar-refractivity contribution in [1.29, 1.82) is 0 Å². The molecule has 0 aliphatic heterocycles. The smallest absolute Gasteiger partial charge is 0.181 e. The highest BCUT2D eigenvalue weighted by Gasteiger charge is 2.67. The zero-order valence-electron chi connectivity index (χ0n) is 18.4. The van der Waals surface area contributed by atoms with Gasteiger partial charge in [-0.2, -0.15) is 0 Å². The number of hydrogen-bond donors (Lipinski definition) is 0. The highest BCUT2D eigenvalue weighted by atomic mass is 32.2. The predicted octanol–water partition coefficient (Wildman–Crippen LogP) is 3.72. The summed E-state index contributed by atoms with van der Waals surface area (Å²) < 4.78 is 33.3. The van der Waals surface area contributed by atoms with Crippen LogP contribution in [0.3, 0.4) is 0 Å². The van der Waals surface area contributed by atoms with Crippen LogP contribution < -0.4 is 0 Å². The Morgan fingerprint density at radius 3 is 2.07 bits per heavy atom. The highest BCUT2D eigenvalue weighted by Crippen LogP contribution is 2.64. The summed E-state index contributed by atoms with van der Waals surface area (Å²) in [5.74, 6) is 3.03. The molecular weight excluding hydrogens is 396 g/mol. The van der Waals surface area contributed by atoms with Crippen LogP contribution in [0.5, 0.6) is 0 Å². The van der Waals surface area contributed by atoms with Gasteiger partial charge in [0.15, 0.2) is 17.3 Å². The first-order chi connectivity index (χ1) is 12.9. The standard InChI is InChI=1S/C11H23OS.C10H16O4S/c1-4-7-8-9-11(12)10-13(5-2)6-3;1-9(2)6-4-5-10(9,3)8(11)7(6)15(12,13)14/h4-10H2,1-3H3;6-7H,4-5H2,1-3H3,(H,12,13,14)/q+1;/p-1. The van der Waals surface area contributed by atoms with Gasteiger partial charge >= 0.3 is 0 Å². The molecule has 0 N–H and O–H groups in total. The maximum atomic E-state index is 12.0. The van der Waals surface area contributed by atoms with Crippen molar-refractivity contribution in [2.45, 2.75) is 85.3 Å². The Hall–Kier alpha value is -0.400. The van der Waals surface area contributed by atoms with E-state index in [4.69, 9.17) is 0 Å². The minimum atomic E-state index is -4.49. The Morgan fingerprint density at radius 1 is 1.14 bits per heavy atom. The molecule has 3 atom stereocenters. The third kappa shape index (κ3) is 5.39. The topological polar surface area (TPSA) is 91.3 Å². The van der Waals surface area contributed by atoms with E-state index >= 15 is 0 Å². The van der Waals surface area contributed by atoms with E-state index in [1.165, 1.54) is 24.3 Å². The van der Waals surface area contributed by atoms with Crippen molar-refractivity contribution >= 4 is 32.6 Å². The molecule has 0 aromatic rings. The second kappa shape index (κ2) is 10.1. The van der Waals surface area contributed by atoms with Crippen molar-refractivity contribution in [2.24, 2.45) is 16.7 Å². The second-order valence-electron chi connectivity index (χ2n) is 8.81. The van der Waals surface area contributed by atoms with E-state index in [1.54, 1.807) is 6.92 Å². The number of hydrogen-bond acceptors (Lipinski definition) is 5. The van der Waals surface area contributed by atoms with Gasteiger partial charge in [0.05, 0.1) is 0 Å². The van der Waals surface area contributed by atoms with Crippen LogP contribution in [-0.2, 0) is 30.6 Å². The molecule has 0 aromatic carbocycles. The molecule has 2 fully saturated rings. The summed E-state index contributed by atoms with van der Waals surface area (Å²) in [6.07, 6.45) is 5.70. The minimum Gasteiger partial charge on any atom is -0.747 e.